The fourth-order valence-corrected chi connectivity index (χ4v) is 3.00. The number of amides is 2. The molecule has 1 aromatic heterocycles. The Morgan fingerprint density at radius 3 is 3.00 bits per heavy atom. The van der Waals surface area contributed by atoms with Crippen molar-refractivity contribution in [2.24, 2.45) is 0 Å². The molecule has 1 saturated heterocycles. The monoisotopic (exact) mass is 301 g/mol. The lowest BCUT2D eigenvalue weighted by Gasteiger charge is -2.22. The number of benzene rings is 1. The first-order valence-corrected chi connectivity index (χ1v) is 7.65. The molecular formula is C15H15N3O2S. The number of aromatic nitrogens is 1. The Kier molecular flexibility index (Phi) is 3.70. The number of thiazole rings is 1. The van der Waals surface area contributed by atoms with Crippen molar-refractivity contribution >= 4 is 34.5 Å². The second-order valence-electron chi connectivity index (χ2n) is 5.02. The molecule has 5 nitrogen and oxygen atoms in total. The first kappa shape index (κ1) is 13.8. The summed E-state index contributed by atoms with van der Waals surface area (Å²) in [7, 11) is 0. The third-order valence-electron chi connectivity index (χ3n) is 3.52. The molecule has 0 radical (unpaired) electrons. The molecule has 0 aliphatic carbocycles. The fourth-order valence-electron chi connectivity index (χ4n) is 2.48. The van der Waals surface area contributed by atoms with Crippen molar-refractivity contribution in [1.82, 2.24) is 4.98 Å². The van der Waals surface area contributed by atoms with Crippen LogP contribution in [-0.4, -0.2) is 22.8 Å². The zero-order chi connectivity index (χ0) is 14.8. The number of carbonyl (C=O) groups excluding carboxylic acids is 2. The maximum absolute atomic E-state index is 12.0. The molecule has 1 atom stereocenters. The van der Waals surface area contributed by atoms with Crippen molar-refractivity contribution in [2.45, 2.75) is 25.8 Å². The van der Waals surface area contributed by atoms with E-state index in [9.17, 15) is 9.59 Å². The Bertz CT molecular complexity index is 669. The summed E-state index contributed by atoms with van der Waals surface area (Å²) in [6, 6.07) is 7.58. The highest BCUT2D eigenvalue weighted by atomic mass is 32.1. The topological polar surface area (TPSA) is 62.3 Å². The van der Waals surface area contributed by atoms with Gasteiger partial charge in [-0.25, -0.2) is 0 Å². The smallest absolute Gasteiger partial charge is 0.267 e. The SMILES string of the molecule is C[C@H]1CCC(=O)N1c1cccc(NC(=O)c2cncs2)c1. The fraction of sp³-hybridized carbons (Fsp3) is 0.267. The zero-order valence-electron chi connectivity index (χ0n) is 11.6. The van der Waals surface area contributed by atoms with Crippen molar-refractivity contribution in [2.75, 3.05) is 10.2 Å². The van der Waals surface area contributed by atoms with E-state index in [1.165, 1.54) is 17.5 Å². The molecule has 6 heteroatoms. The van der Waals surface area contributed by atoms with Gasteiger partial charge in [0.2, 0.25) is 5.91 Å². The van der Waals surface area contributed by atoms with Crippen LogP contribution < -0.4 is 10.2 Å². The Morgan fingerprint density at radius 1 is 1.48 bits per heavy atom. The van der Waals surface area contributed by atoms with Crippen LogP contribution in [-0.2, 0) is 4.79 Å². The molecule has 2 amide bonds. The minimum atomic E-state index is -0.185. The minimum Gasteiger partial charge on any atom is -0.321 e. The number of carbonyl (C=O) groups is 2. The summed E-state index contributed by atoms with van der Waals surface area (Å²) >= 11 is 1.29. The molecule has 0 unspecified atom stereocenters. The zero-order valence-corrected chi connectivity index (χ0v) is 12.4. The standard InChI is InChI=1S/C15H15N3O2S/c1-10-5-6-14(19)18(10)12-4-2-3-11(7-12)17-15(20)13-8-16-9-21-13/h2-4,7-10H,5-6H2,1H3,(H,17,20)/t10-/m0/s1. The number of hydrogen-bond donors (Lipinski definition) is 1. The first-order valence-electron chi connectivity index (χ1n) is 6.77. The van der Waals surface area contributed by atoms with E-state index in [4.69, 9.17) is 0 Å². The van der Waals surface area contributed by atoms with Crippen molar-refractivity contribution in [3.63, 3.8) is 0 Å². The Morgan fingerprint density at radius 2 is 2.33 bits per heavy atom. The predicted octanol–water partition coefficient (Wildman–Crippen LogP) is 2.91. The van der Waals surface area contributed by atoms with Gasteiger partial charge < -0.3 is 10.2 Å². The second kappa shape index (κ2) is 5.65. The largest absolute Gasteiger partial charge is 0.321 e. The van der Waals surface area contributed by atoms with Crippen molar-refractivity contribution in [3.05, 3.63) is 40.8 Å². The highest BCUT2D eigenvalue weighted by Gasteiger charge is 2.28. The third-order valence-corrected chi connectivity index (χ3v) is 4.30. The molecule has 1 fully saturated rings. The molecule has 0 bridgehead atoms. The normalized spacial score (nSPS) is 18.0. The Labute approximate surface area is 126 Å². The van der Waals surface area contributed by atoms with Gasteiger partial charge >= 0.3 is 0 Å². The van der Waals surface area contributed by atoms with E-state index in [0.29, 0.717) is 17.0 Å². The predicted molar refractivity (Wildman–Crippen MR) is 82.7 cm³/mol. The van der Waals surface area contributed by atoms with E-state index in [0.717, 1.165) is 12.1 Å². The van der Waals surface area contributed by atoms with Crippen LogP contribution in [0.5, 0.6) is 0 Å². The summed E-state index contributed by atoms with van der Waals surface area (Å²) in [5, 5.41) is 2.83. The van der Waals surface area contributed by atoms with Crippen LogP contribution in [0.4, 0.5) is 11.4 Å². The number of nitrogens with one attached hydrogen (secondary N) is 1. The lowest BCUT2D eigenvalue weighted by molar-refractivity contribution is -0.117. The molecule has 0 spiro atoms. The first-order chi connectivity index (χ1) is 10.1. The number of rotatable bonds is 3. The van der Waals surface area contributed by atoms with Crippen molar-refractivity contribution in [3.8, 4) is 0 Å². The van der Waals surface area contributed by atoms with Gasteiger partial charge in [-0.3, -0.25) is 14.6 Å². The van der Waals surface area contributed by atoms with E-state index < -0.39 is 0 Å². The van der Waals surface area contributed by atoms with Gasteiger partial charge in [0.1, 0.15) is 4.88 Å². The van der Waals surface area contributed by atoms with E-state index in [1.807, 2.05) is 31.2 Å². The quantitative estimate of drug-likeness (QED) is 0.948. The molecule has 1 aliphatic rings. The second-order valence-corrected chi connectivity index (χ2v) is 5.91. The lowest BCUT2D eigenvalue weighted by Crippen LogP contribution is -2.30. The molecule has 21 heavy (non-hydrogen) atoms. The average Bonchev–Trinajstić information content (AvgIpc) is 3.09. The molecule has 108 valence electrons. The molecule has 0 saturated carbocycles. The summed E-state index contributed by atoms with van der Waals surface area (Å²) < 4.78 is 0. The van der Waals surface area contributed by atoms with E-state index in [2.05, 4.69) is 10.3 Å². The van der Waals surface area contributed by atoms with Crippen LogP contribution in [0.25, 0.3) is 0 Å². The van der Waals surface area contributed by atoms with Gasteiger partial charge in [0.05, 0.1) is 11.7 Å². The molecule has 2 aromatic rings. The third kappa shape index (κ3) is 2.80. The van der Waals surface area contributed by atoms with Crippen molar-refractivity contribution < 1.29 is 9.59 Å². The van der Waals surface area contributed by atoms with Gasteiger partial charge in [0, 0.05) is 23.8 Å². The minimum absolute atomic E-state index is 0.133. The van der Waals surface area contributed by atoms with Gasteiger partial charge in [-0.15, -0.1) is 11.3 Å². The highest BCUT2D eigenvalue weighted by Crippen LogP contribution is 2.28. The van der Waals surface area contributed by atoms with Gasteiger partial charge in [-0.2, -0.15) is 0 Å². The average molecular weight is 301 g/mol. The van der Waals surface area contributed by atoms with Crippen LogP contribution in [0.2, 0.25) is 0 Å². The molecule has 1 aliphatic heterocycles. The summed E-state index contributed by atoms with van der Waals surface area (Å²) in [4.78, 5) is 30.2. The summed E-state index contributed by atoms with van der Waals surface area (Å²) in [5.74, 6) is -0.0520. The van der Waals surface area contributed by atoms with E-state index in [-0.39, 0.29) is 17.9 Å². The summed E-state index contributed by atoms with van der Waals surface area (Å²) in [6.45, 7) is 2.04. The van der Waals surface area contributed by atoms with Crippen LogP contribution in [0.3, 0.4) is 0 Å². The van der Waals surface area contributed by atoms with Crippen molar-refractivity contribution in [1.29, 1.82) is 0 Å². The lowest BCUT2D eigenvalue weighted by atomic mass is 10.2. The van der Waals surface area contributed by atoms with E-state index >= 15 is 0 Å². The van der Waals surface area contributed by atoms with Crippen LogP contribution >= 0.6 is 11.3 Å². The Hall–Kier alpha value is -2.21. The number of hydrogen-bond acceptors (Lipinski definition) is 4. The maximum atomic E-state index is 12.0. The van der Waals surface area contributed by atoms with Gasteiger partial charge in [0.15, 0.2) is 0 Å². The van der Waals surface area contributed by atoms with Gasteiger partial charge in [0.25, 0.3) is 5.91 Å². The summed E-state index contributed by atoms with van der Waals surface area (Å²) in [5.41, 5.74) is 3.13. The number of anilines is 2. The number of nitrogens with zero attached hydrogens (tertiary/aromatic N) is 2. The van der Waals surface area contributed by atoms with E-state index in [1.54, 1.807) is 10.4 Å². The summed E-state index contributed by atoms with van der Waals surface area (Å²) in [6.07, 6.45) is 2.99. The van der Waals surface area contributed by atoms with Gasteiger partial charge in [-0.05, 0) is 31.5 Å². The van der Waals surface area contributed by atoms with Crippen LogP contribution in [0.15, 0.2) is 36.0 Å². The molecule has 3 rings (SSSR count). The molecular weight excluding hydrogens is 286 g/mol. The maximum Gasteiger partial charge on any atom is 0.267 e. The molecule has 2 heterocycles. The molecule has 1 aromatic carbocycles. The highest BCUT2D eigenvalue weighted by molar-refractivity contribution is 7.11. The van der Waals surface area contributed by atoms with Crippen LogP contribution in [0.1, 0.15) is 29.4 Å². The molecule has 1 N–H and O–H groups in total. The van der Waals surface area contributed by atoms with Crippen LogP contribution in [0, 0.1) is 0 Å². The Balaban J connectivity index is 1.80. The van der Waals surface area contributed by atoms with Gasteiger partial charge in [-0.1, -0.05) is 6.07 Å².